The quantitative estimate of drug-likeness (QED) is 0.817. The Kier molecular flexibility index (Phi) is 5.17. The molecule has 0 heterocycles. The molecule has 1 atom stereocenters. The smallest absolute Gasteiger partial charge is 0.0295 e. The minimum absolute atomic E-state index is 0.162. The Morgan fingerprint density at radius 1 is 0.947 bits per heavy atom. The highest BCUT2D eigenvalue weighted by Gasteiger charge is 2.06. The Bertz CT molecular complexity index is 490. The molecule has 0 aromatic heterocycles. The lowest BCUT2D eigenvalue weighted by atomic mass is 9.98. The zero-order valence-corrected chi connectivity index (χ0v) is 11.7. The van der Waals surface area contributed by atoms with E-state index in [1.54, 1.807) is 0 Å². The predicted molar refractivity (Wildman–Crippen MR) is 82.1 cm³/mol. The Morgan fingerprint density at radius 3 is 2.42 bits per heavy atom. The van der Waals surface area contributed by atoms with E-state index in [0.29, 0.717) is 0 Å². The zero-order valence-electron chi connectivity index (χ0n) is 11.7. The maximum Gasteiger partial charge on any atom is 0.0295 e. The number of benzene rings is 2. The molecule has 2 rings (SSSR count). The lowest BCUT2D eigenvalue weighted by Crippen LogP contribution is -2.10. The van der Waals surface area contributed by atoms with Crippen LogP contribution in [0.25, 0.3) is 0 Å². The van der Waals surface area contributed by atoms with Gasteiger partial charge in [-0.2, -0.15) is 0 Å². The van der Waals surface area contributed by atoms with E-state index in [-0.39, 0.29) is 6.04 Å². The summed E-state index contributed by atoms with van der Waals surface area (Å²) >= 11 is 0. The molecule has 0 spiro atoms. The number of nitrogens with two attached hydrogens (primary N) is 1. The van der Waals surface area contributed by atoms with E-state index in [0.717, 1.165) is 25.7 Å². The average molecular weight is 253 g/mol. The highest BCUT2D eigenvalue weighted by molar-refractivity contribution is 5.25. The second-order valence-corrected chi connectivity index (χ2v) is 5.08. The van der Waals surface area contributed by atoms with Crippen molar-refractivity contribution in [2.75, 3.05) is 0 Å². The second-order valence-electron chi connectivity index (χ2n) is 5.08. The Morgan fingerprint density at radius 2 is 1.68 bits per heavy atom. The van der Waals surface area contributed by atoms with Gasteiger partial charge >= 0.3 is 0 Å². The Hall–Kier alpha value is -1.60. The van der Waals surface area contributed by atoms with Crippen LogP contribution in [0.15, 0.2) is 54.6 Å². The van der Waals surface area contributed by atoms with Crippen LogP contribution in [0.4, 0.5) is 0 Å². The molecular weight excluding hydrogens is 230 g/mol. The van der Waals surface area contributed by atoms with Crippen LogP contribution in [0, 0.1) is 0 Å². The zero-order chi connectivity index (χ0) is 13.5. The van der Waals surface area contributed by atoms with Gasteiger partial charge in [-0.05, 0) is 42.4 Å². The molecule has 0 saturated carbocycles. The molecule has 19 heavy (non-hydrogen) atoms. The van der Waals surface area contributed by atoms with Gasteiger partial charge in [-0.3, -0.25) is 0 Å². The number of rotatable bonds is 6. The van der Waals surface area contributed by atoms with Crippen molar-refractivity contribution >= 4 is 0 Å². The van der Waals surface area contributed by atoms with E-state index in [4.69, 9.17) is 5.73 Å². The first-order valence-electron chi connectivity index (χ1n) is 7.18. The van der Waals surface area contributed by atoms with Gasteiger partial charge in [0.15, 0.2) is 0 Å². The summed E-state index contributed by atoms with van der Waals surface area (Å²) in [5, 5.41) is 0. The molecule has 2 N–H and O–H groups in total. The van der Waals surface area contributed by atoms with Gasteiger partial charge in [0.2, 0.25) is 0 Å². The van der Waals surface area contributed by atoms with E-state index in [1.165, 1.54) is 16.7 Å². The molecule has 0 aliphatic carbocycles. The van der Waals surface area contributed by atoms with Crippen molar-refractivity contribution in [3.63, 3.8) is 0 Å². The molecule has 100 valence electrons. The van der Waals surface area contributed by atoms with Crippen molar-refractivity contribution in [1.29, 1.82) is 0 Å². The van der Waals surface area contributed by atoms with Gasteiger partial charge < -0.3 is 5.73 Å². The van der Waals surface area contributed by atoms with Crippen LogP contribution < -0.4 is 5.73 Å². The summed E-state index contributed by atoms with van der Waals surface area (Å²) in [6.07, 6.45) is 4.37. The molecule has 0 aliphatic rings. The molecule has 0 fully saturated rings. The normalized spacial score (nSPS) is 12.3. The minimum Gasteiger partial charge on any atom is -0.324 e. The van der Waals surface area contributed by atoms with Gasteiger partial charge in [0, 0.05) is 6.04 Å². The third kappa shape index (κ3) is 4.22. The van der Waals surface area contributed by atoms with Crippen molar-refractivity contribution in [2.24, 2.45) is 5.73 Å². The van der Waals surface area contributed by atoms with Crippen LogP contribution in [0.3, 0.4) is 0 Å². The first-order chi connectivity index (χ1) is 9.29. The molecule has 0 bridgehead atoms. The summed E-state index contributed by atoms with van der Waals surface area (Å²) in [7, 11) is 0. The van der Waals surface area contributed by atoms with E-state index in [1.807, 2.05) is 0 Å². The van der Waals surface area contributed by atoms with Gasteiger partial charge in [0.05, 0.1) is 0 Å². The first kappa shape index (κ1) is 13.8. The fraction of sp³-hybridized carbons (Fsp3) is 0.333. The predicted octanol–water partition coefficient (Wildman–Crippen LogP) is 4.27. The molecule has 0 saturated heterocycles. The van der Waals surface area contributed by atoms with E-state index in [9.17, 15) is 0 Å². The summed E-state index contributed by atoms with van der Waals surface area (Å²) in [4.78, 5) is 0. The first-order valence-corrected chi connectivity index (χ1v) is 7.18. The van der Waals surface area contributed by atoms with Crippen LogP contribution in [-0.4, -0.2) is 0 Å². The number of aryl methyl sites for hydroxylation is 2. The van der Waals surface area contributed by atoms with Crippen LogP contribution >= 0.6 is 0 Å². The SMILES string of the molecule is CCc1cccc(C(N)CCCc2ccccc2)c1. The van der Waals surface area contributed by atoms with Crippen molar-refractivity contribution in [3.05, 3.63) is 71.3 Å². The van der Waals surface area contributed by atoms with Crippen LogP contribution in [-0.2, 0) is 12.8 Å². The summed E-state index contributed by atoms with van der Waals surface area (Å²) in [6, 6.07) is 19.5. The maximum absolute atomic E-state index is 6.28. The van der Waals surface area contributed by atoms with Crippen molar-refractivity contribution in [2.45, 2.75) is 38.6 Å². The average Bonchev–Trinajstić information content (AvgIpc) is 2.48. The molecule has 0 radical (unpaired) electrons. The van der Waals surface area contributed by atoms with Crippen LogP contribution in [0.5, 0.6) is 0 Å². The number of hydrogen-bond donors (Lipinski definition) is 1. The third-order valence-electron chi connectivity index (χ3n) is 3.61. The van der Waals surface area contributed by atoms with Crippen molar-refractivity contribution in [3.8, 4) is 0 Å². The standard InChI is InChI=1S/C18H23N/c1-2-15-10-6-12-17(14-15)18(19)13-7-11-16-8-4-3-5-9-16/h3-6,8-10,12,14,18H,2,7,11,13,19H2,1H3. The van der Waals surface area contributed by atoms with Gasteiger partial charge in [-0.15, -0.1) is 0 Å². The fourth-order valence-corrected chi connectivity index (χ4v) is 2.38. The van der Waals surface area contributed by atoms with Crippen molar-refractivity contribution < 1.29 is 0 Å². The van der Waals surface area contributed by atoms with E-state index >= 15 is 0 Å². The Labute approximate surface area is 116 Å². The molecule has 1 nitrogen and oxygen atoms in total. The summed E-state index contributed by atoms with van der Waals surface area (Å²) in [6.45, 7) is 2.18. The van der Waals surface area contributed by atoms with E-state index < -0.39 is 0 Å². The van der Waals surface area contributed by atoms with Gasteiger partial charge in [-0.25, -0.2) is 0 Å². The lowest BCUT2D eigenvalue weighted by Gasteiger charge is -2.13. The van der Waals surface area contributed by atoms with Crippen LogP contribution in [0.1, 0.15) is 42.5 Å². The molecule has 0 aliphatic heterocycles. The lowest BCUT2D eigenvalue weighted by molar-refractivity contribution is 0.611. The fourth-order valence-electron chi connectivity index (χ4n) is 2.38. The van der Waals surface area contributed by atoms with E-state index in [2.05, 4.69) is 61.5 Å². The maximum atomic E-state index is 6.28. The number of hydrogen-bond acceptors (Lipinski definition) is 1. The Balaban J connectivity index is 1.85. The minimum atomic E-state index is 0.162. The monoisotopic (exact) mass is 253 g/mol. The van der Waals surface area contributed by atoms with Gasteiger partial charge in [0.25, 0.3) is 0 Å². The summed E-state index contributed by atoms with van der Waals surface area (Å²) < 4.78 is 0. The third-order valence-corrected chi connectivity index (χ3v) is 3.61. The molecule has 1 heteroatoms. The molecule has 2 aromatic rings. The largest absolute Gasteiger partial charge is 0.324 e. The highest BCUT2D eigenvalue weighted by Crippen LogP contribution is 2.18. The molecule has 0 amide bonds. The highest BCUT2D eigenvalue weighted by atomic mass is 14.6. The van der Waals surface area contributed by atoms with Gasteiger partial charge in [0.1, 0.15) is 0 Å². The summed E-state index contributed by atoms with van der Waals surface area (Å²) in [5.41, 5.74) is 10.3. The molecular formula is C18H23N. The van der Waals surface area contributed by atoms with Gasteiger partial charge in [-0.1, -0.05) is 61.5 Å². The topological polar surface area (TPSA) is 26.0 Å². The van der Waals surface area contributed by atoms with Crippen molar-refractivity contribution in [1.82, 2.24) is 0 Å². The van der Waals surface area contributed by atoms with Crippen LogP contribution in [0.2, 0.25) is 0 Å². The molecule has 2 aromatic carbocycles. The molecule has 1 unspecified atom stereocenters. The second kappa shape index (κ2) is 7.10. The summed E-state index contributed by atoms with van der Waals surface area (Å²) in [5.74, 6) is 0.